The second-order valence-corrected chi connectivity index (χ2v) is 4.24. The summed E-state index contributed by atoms with van der Waals surface area (Å²) in [6, 6.07) is 2.41. The van der Waals surface area contributed by atoms with Crippen LogP contribution in [-0.2, 0) is 0 Å². The minimum absolute atomic E-state index is 0.487. The van der Waals surface area contributed by atoms with Gasteiger partial charge in [-0.1, -0.05) is 11.6 Å². The van der Waals surface area contributed by atoms with Gasteiger partial charge in [0.2, 0.25) is 0 Å². The van der Waals surface area contributed by atoms with Crippen LogP contribution in [-0.4, -0.2) is 24.2 Å². The van der Waals surface area contributed by atoms with Gasteiger partial charge in [-0.25, -0.2) is 4.98 Å². The lowest BCUT2D eigenvalue weighted by Crippen LogP contribution is -2.28. The largest absolute Gasteiger partial charge is 0.490 e. The predicted octanol–water partition coefficient (Wildman–Crippen LogP) is 2.17. The Morgan fingerprint density at radius 3 is 3.20 bits per heavy atom. The molecule has 1 aliphatic rings. The van der Waals surface area contributed by atoms with Crippen molar-refractivity contribution in [2.75, 3.05) is 13.2 Å². The third kappa shape index (κ3) is 2.83. The van der Waals surface area contributed by atoms with Crippen molar-refractivity contribution in [2.45, 2.75) is 25.8 Å². The molecule has 0 amide bonds. The first-order valence-corrected chi connectivity index (χ1v) is 5.62. The number of nitrogens with zero attached hydrogens (tertiary/aromatic N) is 1. The van der Waals surface area contributed by atoms with Crippen molar-refractivity contribution in [1.82, 2.24) is 10.3 Å². The maximum atomic E-state index is 5.83. The van der Waals surface area contributed by atoms with Crippen molar-refractivity contribution in [3.8, 4) is 5.75 Å². The highest BCUT2D eigenvalue weighted by atomic mass is 35.5. The summed E-state index contributed by atoms with van der Waals surface area (Å²) in [4.78, 5) is 4.04. The van der Waals surface area contributed by atoms with Crippen LogP contribution in [0.5, 0.6) is 5.75 Å². The van der Waals surface area contributed by atoms with E-state index in [4.69, 9.17) is 16.3 Å². The summed E-state index contributed by atoms with van der Waals surface area (Å²) in [5.41, 5.74) is 0.952. The summed E-state index contributed by atoms with van der Waals surface area (Å²) < 4.78 is 5.64. The number of ether oxygens (including phenoxy) is 1. The zero-order valence-corrected chi connectivity index (χ0v) is 9.55. The molecular formula is C11H15ClN2O. The summed E-state index contributed by atoms with van der Waals surface area (Å²) in [5.74, 6) is 0.797. The lowest BCUT2D eigenvalue weighted by Gasteiger charge is -2.12. The van der Waals surface area contributed by atoms with E-state index in [0.29, 0.717) is 17.8 Å². The minimum atomic E-state index is 0.487. The van der Waals surface area contributed by atoms with E-state index in [2.05, 4.69) is 10.3 Å². The molecule has 0 aromatic carbocycles. The lowest BCUT2D eigenvalue weighted by molar-refractivity contribution is 0.276. The van der Waals surface area contributed by atoms with Crippen LogP contribution >= 0.6 is 11.6 Å². The Bertz CT molecular complexity index is 337. The molecule has 0 unspecified atom stereocenters. The average molecular weight is 227 g/mol. The molecule has 0 radical (unpaired) electrons. The zero-order valence-electron chi connectivity index (χ0n) is 8.79. The van der Waals surface area contributed by atoms with E-state index in [1.165, 1.54) is 12.8 Å². The van der Waals surface area contributed by atoms with E-state index in [1.54, 1.807) is 6.20 Å². The molecule has 4 heteroatoms. The fourth-order valence-corrected chi connectivity index (χ4v) is 1.81. The highest BCUT2D eigenvalue weighted by Crippen LogP contribution is 2.18. The van der Waals surface area contributed by atoms with E-state index < -0.39 is 0 Å². The molecule has 1 aliphatic heterocycles. The number of nitrogens with one attached hydrogen (secondary N) is 1. The molecule has 1 aromatic rings. The molecule has 1 atom stereocenters. The SMILES string of the molecule is Cc1cc(OC[C@H]2CCCN2)cnc1Cl. The van der Waals surface area contributed by atoms with Crippen LogP contribution in [0.4, 0.5) is 0 Å². The van der Waals surface area contributed by atoms with Gasteiger partial charge >= 0.3 is 0 Å². The number of hydrogen-bond donors (Lipinski definition) is 1. The van der Waals surface area contributed by atoms with Crippen molar-refractivity contribution >= 4 is 11.6 Å². The van der Waals surface area contributed by atoms with Gasteiger partial charge in [-0.2, -0.15) is 0 Å². The number of aromatic nitrogens is 1. The second-order valence-electron chi connectivity index (χ2n) is 3.88. The molecule has 0 bridgehead atoms. The highest BCUT2D eigenvalue weighted by Gasteiger charge is 2.14. The van der Waals surface area contributed by atoms with Crippen LogP contribution in [0.25, 0.3) is 0 Å². The molecule has 0 aliphatic carbocycles. The summed E-state index contributed by atoms with van der Waals surface area (Å²) >= 11 is 5.83. The van der Waals surface area contributed by atoms with Crippen molar-refractivity contribution in [1.29, 1.82) is 0 Å². The van der Waals surface area contributed by atoms with Crippen LogP contribution in [0.3, 0.4) is 0 Å². The molecule has 1 fully saturated rings. The van der Waals surface area contributed by atoms with Gasteiger partial charge in [0.05, 0.1) is 6.20 Å². The molecule has 2 heterocycles. The normalized spacial score (nSPS) is 20.5. The van der Waals surface area contributed by atoms with E-state index in [9.17, 15) is 0 Å². The van der Waals surface area contributed by atoms with Gasteiger partial charge in [-0.05, 0) is 37.9 Å². The first-order chi connectivity index (χ1) is 7.25. The number of pyridine rings is 1. The number of hydrogen-bond acceptors (Lipinski definition) is 3. The van der Waals surface area contributed by atoms with Gasteiger partial charge in [-0.15, -0.1) is 0 Å². The Labute approximate surface area is 94.8 Å². The quantitative estimate of drug-likeness (QED) is 0.803. The summed E-state index contributed by atoms with van der Waals surface area (Å²) in [5, 5.41) is 3.92. The van der Waals surface area contributed by atoms with E-state index in [-0.39, 0.29) is 0 Å². The van der Waals surface area contributed by atoms with Crippen molar-refractivity contribution in [3.05, 3.63) is 23.0 Å². The molecule has 15 heavy (non-hydrogen) atoms. The van der Waals surface area contributed by atoms with E-state index in [1.807, 2.05) is 13.0 Å². The maximum absolute atomic E-state index is 5.83. The summed E-state index contributed by atoms with van der Waals surface area (Å²) in [6.07, 6.45) is 4.11. The van der Waals surface area contributed by atoms with Gasteiger partial charge in [0.25, 0.3) is 0 Å². The Morgan fingerprint density at radius 2 is 2.53 bits per heavy atom. The van der Waals surface area contributed by atoms with Crippen LogP contribution in [0, 0.1) is 6.92 Å². The molecule has 2 rings (SSSR count). The van der Waals surface area contributed by atoms with Crippen molar-refractivity contribution < 1.29 is 4.74 Å². The van der Waals surface area contributed by atoms with Gasteiger partial charge in [0, 0.05) is 6.04 Å². The first kappa shape index (κ1) is 10.7. The van der Waals surface area contributed by atoms with E-state index in [0.717, 1.165) is 17.9 Å². The summed E-state index contributed by atoms with van der Waals surface area (Å²) in [7, 11) is 0. The van der Waals surface area contributed by atoms with Gasteiger partial charge in [-0.3, -0.25) is 0 Å². The van der Waals surface area contributed by atoms with Crippen LogP contribution < -0.4 is 10.1 Å². The fourth-order valence-electron chi connectivity index (χ4n) is 1.71. The highest BCUT2D eigenvalue weighted by molar-refractivity contribution is 6.30. The van der Waals surface area contributed by atoms with Gasteiger partial charge in [0.15, 0.2) is 0 Å². The molecule has 1 saturated heterocycles. The number of rotatable bonds is 3. The van der Waals surface area contributed by atoms with E-state index >= 15 is 0 Å². The number of aryl methyl sites for hydroxylation is 1. The molecule has 1 aromatic heterocycles. The predicted molar refractivity (Wildman–Crippen MR) is 60.5 cm³/mol. The van der Waals surface area contributed by atoms with Crippen LogP contribution in [0.15, 0.2) is 12.3 Å². The standard InChI is InChI=1S/C11H15ClN2O/c1-8-5-10(6-14-11(8)12)15-7-9-3-2-4-13-9/h5-6,9,13H,2-4,7H2,1H3/t9-/m1/s1. The third-order valence-electron chi connectivity index (χ3n) is 2.60. The molecule has 0 spiro atoms. The molecule has 0 saturated carbocycles. The average Bonchev–Trinajstić information content (AvgIpc) is 2.73. The topological polar surface area (TPSA) is 34.1 Å². The Balaban J connectivity index is 1.90. The second kappa shape index (κ2) is 4.81. The monoisotopic (exact) mass is 226 g/mol. The molecular weight excluding hydrogens is 212 g/mol. The van der Waals surface area contributed by atoms with Crippen LogP contribution in [0.2, 0.25) is 5.15 Å². The molecule has 1 N–H and O–H groups in total. The van der Waals surface area contributed by atoms with Gasteiger partial charge in [0.1, 0.15) is 17.5 Å². The fraction of sp³-hybridized carbons (Fsp3) is 0.545. The van der Waals surface area contributed by atoms with Crippen molar-refractivity contribution in [2.24, 2.45) is 0 Å². The van der Waals surface area contributed by atoms with Gasteiger partial charge < -0.3 is 10.1 Å². The smallest absolute Gasteiger partial charge is 0.138 e. The Kier molecular flexibility index (Phi) is 3.44. The minimum Gasteiger partial charge on any atom is -0.490 e. The molecule has 82 valence electrons. The number of halogens is 1. The summed E-state index contributed by atoms with van der Waals surface area (Å²) in [6.45, 7) is 3.74. The molecule has 3 nitrogen and oxygen atoms in total. The van der Waals surface area contributed by atoms with Crippen molar-refractivity contribution in [3.63, 3.8) is 0 Å². The zero-order chi connectivity index (χ0) is 10.7. The Morgan fingerprint density at radius 1 is 1.67 bits per heavy atom. The first-order valence-electron chi connectivity index (χ1n) is 5.24. The third-order valence-corrected chi connectivity index (χ3v) is 3.00. The van der Waals surface area contributed by atoms with Crippen LogP contribution in [0.1, 0.15) is 18.4 Å². The lowest BCUT2D eigenvalue weighted by atomic mass is 10.2. The Hall–Kier alpha value is -0.800. The maximum Gasteiger partial charge on any atom is 0.138 e.